The van der Waals surface area contributed by atoms with E-state index in [1.165, 1.54) is 0 Å². The fourth-order valence-electron chi connectivity index (χ4n) is 1.19. The third-order valence-corrected chi connectivity index (χ3v) is 2.49. The van der Waals surface area contributed by atoms with Crippen LogP contribution < -0.4 is 0 Å². The van der Waals surface area contributed by atoms with Crippen LogP contribution in [0.5, 0.6) is 0 Å². The molecule has 1 aliphatic heterocycles. The first kappa shape index (κ1) is 10.3. The molecule has 0 amide bonds. The van der Waals surface area contributed by atoms with Crippen LogP contribution in [0.1, 0.15) is 27.2 Å². The molecule has 0 radical (unpaired) electrons. The Kier molecular flexibility index (Phi) is 2.76. The van der Waals surface area contributed by atoms with Crippen LogP contribution in [0.25, 0.3) is 0 Å². The number of carbonyl (C=O) groups excluding carboxylic acids is 1. The van der Waals surface area contributed by atoms with Crippen LogP contribution >= 0.6 is 0 Å². The molecule has 74 valence electrons. The second kappa shape index (κ2) is 3.50. The zero-order chi connectivity index (χ0) is 10.1. The van der Waals surface area contributed by atoms with Crippen molar-refractivity contribution < 1.29 is 14.3 Å². The Hall–Kier alpha value is -0.830. The topological polar surface area (TPSA) is 38.8 Å². The first-order valence-electron chi connectivity index (χ1n) is 4.52. The van der Waals surface area contributed by atoms with Crippen LogP contribution in [-0.2, 0) is 14.3 Å². The number of esters is 1. The van der Waals surface area contributed by atoms with Crippen LogP contribution in [0.4, 0.5) is 0 Å². The summed E-state index contributed by atoms with van der Waals surface area (Å²) in [5.74, 6) is -0.337. The maximum absolute atomic E-state index is 11.2. The molecule has 1 aliphatic rings. The molecule has 0 aromatic carbocycles. The van der Waals surface area contributed by atoms with Gasteiger partial charge in [-0.2, -0.15) is 0 Å². The van der Waals surface area contributed by atoms with Crippen LogP contribution in [0.3, 0.4) is 0 Å². The molecule has 1 rings (SSSR count). The fourth-order valence-corrected chi connectivity index (χ4v) is 1.19. The minimum absolute atomic E-state index is 0.179. The molecular formula is C10H16O3. The molecule has 0 aromatic heterocycles. The van der Waals surface area contributed by atoms with E-state index in [-0.39, 0.29) is 17.7 Å². The highest BCUT2D eigenvalue weighted by atomic mass is 16.6. The summed E-state index contributed by atoms with van der Waals surface area (Å²) < 4.78 is 10.4. The molecule has 3 nitrogen and oxygen atoms in total. The van der Waals surface area contributed by atoms with Crippen LogP contribution in [0.2, 0.25) is 0 Å². The van der Waals surface area contributed by atoms with Crippen molar-refractivity contribution in [2.45, 2.75) is 38.9 Å². The average molecular weight is 184 g/mol. The van der Waals surface area contributed by atoms with E-state index in [1.54, 1.807) is 6.92 Å². The molecule has 0 saturated carbocycles. The lowest BCUT2D eigenvalue weighted by Crippen LogP contribution is -2.31. The lowest BCUT2D eigenvalue weighted by atomic mass is 10.0. The summed E-state index contributed by atoms with van der Waals surface area (Å²) in [6, 6.07) is 0. The van der Waals surface area contributed by atoms with E-state index in [0.29, 0.717) is 12.2 Å². The molecule has 0 aliphatic carbocycles. The third-order valence-electron chi connectivity index (χ3n) is 2.49. The van der Waals surface area contributed by atoms with Gasteiger partial charge in [-0.3, -0.25) is 0 Å². The Morgan fingerprint density at radius 2 is 2.31 bits per heavy atom. The monoisotopic (exact) mass is 184 g/mol. The molecule has 3 heteroatoms. The molecule has 0 bridgehead atoms. The van der Waals surface area contributed by atoms with Gasteiger partial charge in [0.25, 0.3) is 0 Å². The van der Waals surface area contributed by atoms with Gasteiger partial charge in [-0.15, -0.1) is 0 Å². The lowest BCUT2D eigenvalue weighted by molar-refractivity contribution is -0.146. The number of hydrogen-bond acceptors (Lipinski definition) is 3. The van der Waals surface area contributed by atoms with E-state index in [9.17, 15) is 4.79 Å². The number of carbonyl (C=O) groups is 1. The molecular weight excluding hydrogens is 168 g/mol. The van der Waals surface area contributed by atoms with Crippen LogP contribution in [0.15, 0.2) is 12.2 Å². The first-order valence-corrected chi connectivity index (χ1v) is 4.52. The number of ether oxygens (including phenoxy) is 2. The maximum atomic E-state index is 11.2. The Labute approximate surface area is 78.7 Å². The molecule has 0 aromatic rings. The highest BCUT2D eigenvalue weighted by molar-refractivity contribution is 5.87. The second-order valence-corrected chi connectivity index (χ2v) is 3.53. The SMILES string of the molecule is C=C(C)C(=O)OC(C)C1(CC)CO1. The molecule has 0 spiro atoms. The Bertz CT molecular complexity index is 228. The van der Waals surface area contributed by atoms with Gasteiger partial charge >= 0.3 is 5.97 Å². The van der Waals surface area contributed by atoms with Gasteiger partial charge < -0.3 is 9.47 Å². The minimum atomic E-state index is -0.337. The van der Waals surface area contributed by atoms with Gasteiger partial charge in [-0.1, -0.05) is 13.5 Å². The standard InChI is InChI=1S/C10H16O3/c1-5-10(6-12-10)8(4)13-9(11)7(2)3/h8H,2,5-6H2,1,3-4H3. The van der Waals surface area contributed by atoms with Crippen molar-refractivity contribution in [2.24, 2.45) is 0 Å². The van der Waals surface area contributed by atoms with Crippen molar-refractivity contribution in [1.29, 1.82) is 0 Å². The van der Waals surface area contributed by atoms with Crippen molar-refractivity contribution in [3.8, 4) is 0 Å². The molecule has 0 N–H and O–H groups in total. The predicted octanol–water partition coefficient (Wildman–Crippen LogP) is 1.67. The normalized spacial score (nSPS) is 27.9. The minimum Gasteiger partial charge on any atom is -0.456 e. The molecule has 13 heavy (non-hydrogen) atoms. The summed E-state index contributed by atoms with van der Waals surface area (Å²) in [5.41, 5.74) is 0.212. The van der Waals surface area contributed by atoms with Gasteiger partial charge in [0.1, 0.15) is 11.7 Å². The van der Waals surface area contributed by atoms with Crippen molar-refractivity contribution in [3.05, 3.63) is 12.2 Å². The van der Waals surface area contributed by atoms with Gasteiger partial charge in [0, 0.05) is 5.57 Å². The Balaban J connectivity index is 2.46. The van der Waals surface area contributed by atoms with Gasteiger partial charge in [-0.05, 0) is 20.3 Å². The molecule has 2 atom stereocenters. The number of hydrogen-bond donors (Lipinski definition) is 0. The van der Waals surface area contributed by atoms with Gasteiger partial charge in [0.05, 0.1) is 6.61 Å². The quantitative estimate of drug-likeness (QED) is 0.379. The van der Waals surface area contributed by atoms with Gasteiger partial charge in [-0.25, -0.2) is 4.79 Å². The molecule has 1 fully saturated rings. The zero-order valence-electron chi connectivity index (χ0n) is 8.42. The second-order valence-electron chi connectivity index (χ2n) is 3.53. The summed E-state index contributed by atoms with van der Waals surface area (Å²) in [7, 11) is 0. The molecule has 1 saturated heterocycles. The highest BCUT2D eigenvalue weighted by Crippen LogP contribution is 2.36. The van der Waals surface area contributed by atoms with Crippen LogP contribution in [-0.4, -0.2) is 24.3 Å². The summed E-state index contributed by atoms with van der Waals surface area (Å²) in [6.07, 6.45) is 0.694. The maximum Gasteiger partial charge on any atom is 0.333 e. The predicted molar refractivity (Wildman–Crippen MR) is 49.3 cm³/mol. The zero-order valence-corrected chi connectivity index (χ0v) is 8.42. The van der Waals surface area contributed by atoms with Crippen LogP contribution in [0, 0.1) is 0 Å². The summed E-state index contributed by atoms with van der Waals surface area (Å²) in [4.78, 5) is 11.2. The number of rotatable bonds is 4. The van der Waals surface area contributed by atoms with E-state index in [0.717, 1.165) is 6.42 Å². The van der Waals surface area contributed by atoms with E-state index in [2.05, 4.69) is 6.58 Å². The summed E-state index contributed by atoms with van der Waals surface area (Å²) in [6.45, 7) is 9.73. The van der Waals surface area contributed by atoms with Crippen molar-refractivity contribution in [3.63, 3.8) is 0 Å². The first-order chi connectivity index (χ1) is 6.02. The average Bonchev–Trinajstić information content (AvgIpc) is 2.84. The number of epoxide rings is 1. The highest BCUT2D eigenvalue weighted by Gasteiger charge is 2.50. The smallest absolute Gasteiger partial charge is 0.333 e. The Morgan fingerprint density at radius 3 is 2.62 bits per heavy atom. The fraction of sp³-hybridized carbons (Fsp3) is 0.700. The summed E-state index contributed by atoms with van der Waals surface area (Å²) in [5, 5.41) is 0. The molecule has 2 unspecified atom stereocenters. The largest absolute Gasteiger partial charge is 0.456 e. The van der Waals surface area contributed by atoms with Gasteiger partial charge in [0.2, 0.25) is 0 Å². The van der Waals surface area contributed by atoms with Crippen molar-refractivity contribution in [2.75, 3.05) is 6.61 Å². The van der Waals surface area contributed by atoms with Crippen molar-refractivity contribution >= 4 is 5.97 Å². The summed E-state index contributed by atoms with van der Waals surface area (Å²) >= 11 is 0. The van der Waals surface area contributed by atoms with E-state index >= 15 is 0 Å². The van der Waals surface area contributed by atoms with Gasteiger partial charge in [0.15, 0.2) is 0 Å². The van der Waals surface area contributed by atoms with E-state index in [4.69, 9.17) is 9.47 Å². The third kappa shape index (κ3) is 2.10. The van der Waals surface area contributed by atoms with Crippen molar-refractivity contribution in [1.82, 2.24) is 0 Å². The molecule has 1 heterocycles. The Morgan fingerprint density at radius 1 is 1.77 bits per heavy atom. The van der Waals surface area contributed by atoms with E-state index < -0.39 is 0 Å². The van der Waals surface area contributed by atoms with E-state index in [1.807, 2.05) is 13.8 Å². The lowest BCUT2D eigenvalue weighted by Gasteiger charge is -2.18.